The molecule has 0 bridgehead atoms. The second-order valence-corrected chi connectivity index (χ2v) is 8.41. The van der Waals surface area contributed by atoms with E-state index in [2.05, 4.69) is 11.1 Å². The van der Waals surface area contributed by atoms with Crippen LogP contribution in [0.15, 0.2) is 79.1 Å². The van der Waals surface area contributed by atoms with E-state index in [1.165, 1.54) is 7.11 Å². The number of fused-ring (bicyclic) bond motifs is 3. The van der Waals surface area contributed by atoms with Gasteiger partial charge in [-0.25, -0.2) is 0 Å². The lowest BCUT2D eigenvalue weighted by atomic mass is 9.67. The van der Waals surface area contributed by atoms with E-state index in [1.807, 2.05) is 41.3 Å². The smallest absolute Gasteiger partial charge is 0.241 e. The van der Waals surface area contributed by atoms with Crippen molar-refractivity contribution in [3.63, 3.8) is 0 Å². The molecule has 0 saturated carbocycles. The summed E-state index contributed by atoms with van der Waals surface area (Å²) in [5, 5.41) is 10.5. The van der Waals surface area contributed by atoms with Crippen LogP contribution >= 0.6 is 0 Å². The van der Waals surface area contributed by atoms with E-state index in [4.69, 9.17) is 10.5 Å². The summed E-state index contributed by atoms with van der Waals surface area (Å²) in [5.41, 5.74) is 7.04. The number of ether oxygens (including phenoxy) is 1. The largest absolute Gasteiger partial charge is 0.497 e. The first kappa shape index (κ1) is 21.4. The number of methoxy groups -OCH3 is 1. The second-order valence-electron chi connectivity index (χ2n) is 8.41. The van der Waals surface area contributed by atoms with E-state index >= 15 is 0 Å². The van der Waals surface area contributed by atoms with Gasteiger partial charge in [0.05, 0.1) is 19.2 Å². The molecule has 1 fully saturated rings. The zero-order valence-electron chi connectivity index (χ0n) is 18.5. The molecular weight excluding hydrogens is 428 g/mol. The number of hydrogen-bond acceptors (Lipinski definition) is 6. The van der Waals surface area contributed by atoms with Crippen molar-refractivity contribution in [2.45, 2.75) is 18.0 Å². The number of pyridine rings is 1. The number of nitriles is 1. The van der Waals surface area contributed by atoms with E-state index in [1.54, 1.807) is 48.8 Å². The Morgan fingerprint density at radius 1 is 1.12 bits per heavy atom. The van der Waals surface area contributed by atoms with Gasteiger partial charge in [-0.05, 0) is 41.5 Å². The molecule has 5 rings (SSSR count). The summed E-state index contributed by atoms with van der Waals surface area (Å²) in [6.45, 7) is 0. The van der Waals surface area contributed by atoms with Crippen LogP contribution in [0.4, 0.5) is 5.69 Å². The highest BCUT2D eigenvalue weighted by atomic mass is 16.5. The second kappa shape index (κ2) is 8.16. The van der Waals surface area contributed by atoms with Crippen LogP contribution in [0, 0.1) is 16.7 Å². The Balaban J connectivity index is 1.80. The lowest BCUT2D eigenvalue weighted by molar-refractivity contribution is -0.125. The normalized spacial score (nSPS) is 24.6. The van der Waals surface area contributed by atoms with Gasteiger partial charge in [0.15, 0.2) is 11.2 Å². The molecule has 0 aliphatic carbocycles. The average molecular weight is 450 g/mol. The SMILES string of the molecule is COc1cccc(C(=O)[C@H]2[C@@H](c3ccncc3)[C@@](C#N)(C(N)=O)[C@H]3C=Cc4ccccc4N23)c1. The van der Waals surface area contributed by atoms with Gasteiger partial charge in [0.1, 0.15) is 11.8 Å². The summed E-state index contributed by atoms with van der Waals surface area (Å²) in [5.74, 6) is -1.27. The number of carbonyl (C=O) groups excluding carboxylic acids is 2. The number of para-hydroxylation sites is 1. The molecule has 1 aromatic heterocycles. The van der Waals surface area contributed by atoms with Crippen molar-refractivity contribution in [1.82, 2.24) is 4.98 Å². The van der Waals surface area contributed by atoms with Crippen LogP contribution < -0.4 is 15.4 Å². The Morgan fingerprint density at radius 3 is 2.59 bits per heavy atom. The number of carbonyl (C=O) groups is 2. The Kier molecular flexibility index (Phi) is 5.14. The minimum Gasteiger partial charge on any atom is -0.497 e. The van der Waals surface area contributed by atoms with Crippen molar-refractivity contribution in [1.29, 1.82) is 5.26 Å². The summed E-state index contributed by atoms with van der Waals surface area (Å²) in [6, 6.07) is 18.6. The van der Waals surface area contributed by atoms with Gasteiger partial charge < -0.3 is 15.4 Å². The maximum atomic E-state index is 14.2. The number of nitrogens with zero attached hydrogens (tertiary/aromatic N) is 3. The van der Waals surface area contributed by atoms with Crippen LogP contribution in [-0.4, -0.2) is 35.9 Å². The van der Waals surface area contributed by atoms with Gasteiger partial charge in [0.25, 0.3) is 0 Å². The molecule has 7 heteroatoms. The van der Waals surface area contributed by atoms with Gasteiger partial charge in [-0.3, -0.25) is 14.6 Å². The molecule has 7 nitrogen and oxygen atoms in total. The number of Topliss-reactive ketones (excluding diaryl/α,β-unsaturated/α-hetero) is 1. The molecule has 0 radical (unpaired) electrons. The zero-order valence-corrected chi connectivity index (χ0v) is 18.5. The average Bonchev–Trinajstić information content (AvgIpc) is 3.20. The minimum atomic E-state index is -1.68. The summed E-state index contributed by atoms with van der Waals surface area (Å²) < 4.78 is 5.33. The van der Waals surface area contributed by atoms with Crippen LogP contribution in [0.1, 0.15) is 27.4 Å². The maximum Gasteiger partial charge on any atom is 0.241 e. The molecule has 2 aromatic carbocycles. The first-order valence-corrected chi connectivity index (χ1v) is 10.9. The Hall–Kier alpha value is -4.44. The van der Waals surface area contributed by atoms with E-state index in [-0.39, 0.29) is 5.78 Å². The topological polar surface area (TPSA) is 109 Å². The quantitative estimate of drug-likeness (QED) is 0.597. The first-order chi connectivity index (χ1) is 16.5. The highest BCUT2D eigenvalue weighted by Crippen LogP contribution is 2.55. The molecule has 3 heterocycles. The molecule has 2 aliphatic heterocycles. The number of benzene rings is 2. The van der Waals surface area contributed by atoms with Crippen molar-refractivity contribution in [3.05, 3.63) is 95.8 Å². The van der Waals surface area contributed by atoms with Crippen LogP contribution in [0.3, 0.4) is 0 Å². The van der Waals surface area contributed by atoms with Crippen LogP contribution in [-0.2, 0) is 4.79 Å². The van der Waals surface area contributed by atoms with Gasteiger partial charge in [0, 0.05) is 29.6 Å². The zero-order chi connectivity index (χ0) is 23.9. The van der Waals surface area contributed by atoms with E-state index in [0.29, 0.717) is 16.9 Å². The third-order valence-electron chi connectivity index (χ3n) is 6.83. The van der Waals surface area contributed by atoms with E-state index in [9.17, 15) is 14.9 Å². The molecule has 4 atom stereocenters. The predicted octanol–water partition coefficient (Wildman–Crippen LogP) is 3.34. The van der Waals surface area contributed by atoms with Crippen molar-refractivity contribution in [2.24, 2.45) is 11.1 Å². The fourth-order valence-corrected chi connectivity index (χ4v) is 5.32. The predicted molar refractivity (Wildman–Crippen MR) is 127 cm³/mol. The summed E-state index contributed by atoms with van der Waals surface area (Å²) in [7, 11) is 1.54. The van der Waals surface area contributed by atoms with E-state index in [0.717, 1.165) is 11.3 Å². The number of rotatable bonds is 5. The number of nitrogens with two attached hydrogens (primary N) is 1. The van der Waals surface area contributed by atoms with Gasteiger partial charge in [-0.2, -0.15) is 5.26 Å². The van der Waals surface area contributed by atoms with Gasteiger partial charge in [-0.1, -0.05) is 42.5 Å². The van der Waals surface area contributed by atoms with E-state index < -0.39 is 29.3 Å². The van der Waals surface area contributed by atoms with Crippen molar-refractivity contribution < 1.29 is 14.3 Å². The van der Waals surface area contributed by atoms with Crippen LogP contribution in [0.5, 0.6) is 5.75 Å². The maximum absolute atomic E-state index is 14.2. The number of anilines is 1. The summed E-state index contributed by atoms with van der Waals surface area (Å²) in [6.07, 6.45) is 6.87. The first-order valence-electron chi connectivity index (χ1n) is 10.9. The monoisotopic (exact) mass is 450 g/mol. The van der Waals surface area contributed by atoms with Gasteiger partial charge in [-0.15, -0.1) is 0 Å². The Labute approximate surface area is 197 Å². The van der Waals surface area contributed by atoms with Crippen LogP contribution in [0.25, 0.3) is 6.08 Å². The number of ketones is 1. The standard InChI is InChI=1S/C27H22N4O3/c1-34-20-7-4-6-19(15-20)25(32)24-23(18-11-13-30-14-12-18)27(16-28,26(29)33)22-10-9-17-5-2-3-8-21(17)31(22)24/h2-15,22-24H,1H3,(H2,29,33)/t22-,23-,24-,27+/m1/s1. The number of amides is 1. The van der Waals surface area contributed by atoms with Crippen molar-refractivity contribution >= 4 is 23.5 Å². The molecule has 1 amide bonds. The third kappa shape index (κ3) is 3.00. The summed E-state index contributed by atoms with van der Waals surface area (Å²) >= 11 is 0. The molecule has 0 spiro atoms. The molecule has 1 saturated heterocycles. The molecular formula is C27H22N4O3. The highest BCUT2D eigenvalue weighted by Gasteiger charge is 2.65. The van der Waals surface area contributed by atoms with Crippen molar-refractivity contribution in [2.75, 3.05) is 12.0 Å². The number of hydrogen-bond donors (Lipinski definition) is 1. The molecule has 3 aromatic rings. The lowest BCUT2D eigenvalue weighted by Gasteiger charge is -2.36. The highest BCUT2D eigenvalue weighted by molar-refractivity contribution is 6.06. The molecule has 0 unspecified atom stereocenters. The van der Waals surface area contributed by atoms with Crippen LogP contribution in [0.2, 0.25) is 0 Å². The fourth-order valence-electron chi connectivity index (χ4n) is 5.32. The Morgan fingerprint density at radius 2 is 1.88 bits per heavy atom. The van der Waals surface area contributed by atoms with Crippen molar-refractivity contribution in [3.8, 4) is 11.8 Å². The van der Waals surface area contributed by atoms with Gasteiger partial charge in [0.2, 0.25) is 5.91 Å². The minimum absolute atomic E-state index is 0.228. The molecule has 34 heavy (non-hydrogen) atoms. The molecule has 2 aliphatic rings. The molecule has 168 valence electrons. The third-order valence-corrected chi connectivity index (χ3v) is 6.83. The van der Waals surface area contributed by atoms with Gasteiger partial charge >= 0.3 is 0 Å². The lowest BCUT2D eigenvalue weighted by Crippen LogP contribution is -2.49. The summed E-state index contributed by atoms with van der Waals surface area (Å²) in [4.78, 5) is 33.3. The number of aromatic nitrogens is 1. The molecule has 2 N–H and O–H groups in total. The fraction of sp³-hybridized carbons (Fsp3) is 0.185. The Bertz CT molecular complexity index is 1350. The number of primary amides is 1.